The third-order valence-corrected chi connectivity index (χ3v) is 4.19. The second-order valence-electron chi connectivity index (χ2n) is 5.78. The number of likely N-dealkylation sites (tertiary alicyclic amines) is 1. The van der Waals surface area contributed by atoms with Crippen LogP contribution in [0.2, 0.25) is 0 Å². The molecule has 5 nitrogen and oxygen atoms in total. The van der Waals surface area contributed by atoms with E-state index in [-0.39, 0.29) is 0 Å². The molecule has 2 aromatic heterocycles. The lowest BCUT2D eigenvalue weighted by atomic mass is 9.96. The third-order valence-electron chi connectivity index (χ3n) is 4.19. The molecule has 0 aromatic carbocycles. The molecule has 3 rings (SSSR count). The van der Waals surface area contributed by atoms with Crippen LogP contribution in [0.1, 0.15) is 38.4 Å². The Labute approximate surface area is 119 Å². The highest BCUT2D eigenvalue weighted by Gasteiger charge is 2.26. The first-order valence-corrected chi connectivity index (χ1v) is 7.31. The van der Waals surface area contributed by atoms with Crippen LogP contribution in [-0.2, 0) is 0 Å². The van der Waals surface area contributed by atoms with Crippen LogP contribution in [-0.4, -0.2) is 45.7 Å². The minimum Gasteiger partial charge on any atom is -0.497 e. The molecule has 2 aromatic rings. The fraction of sp³-hybridized carbons (Fsp3) is 0.600. The van der Waals surface area contributed by atoms with E-state index < -0.39 is 0 Å². The lowest BCUT2D eigenvalue weighted by Crippen LogP contribution is -2.39. The number of nitrogens with zero attached hydrogens (tertiary/aromatic N) is 4. The van der Waals surface area contributed by atoms with Gasteiger partial charge in [0.15, 0.2) is 5.65 Å². The Hall–Kier alpha value is -1.62. The fourth-order valence-corrected chi connectivity index (χ4v) is 2.98. The number of hydrogen-bond acceptors (Lipinski definition) is 4. The van der Waals surface area contributed by atoms with Gasteiger partial charge in [-0.2, -0.15) is 0 Å². The van der Waals surface area contributed by atoms with Crippen molar-refractivity contribution in [3.8, 4) is 5.75 Å². The van der Waals surface area contributed by atoms with Crippen LogP contribution in [0.15, 0.2) is 18.3 Å². The number of methoxy groups -OCH3 is 1. The molecule has 0 amide bonds. The molecule has 1 unspecified atom stereocenters. The van der Waals surface area contributed by atoms with Gasteiger partial charge in [0.05, 0.1) is 7.11 Å². The van der Waals surface area contributed by atoms with Crippen LogP contribution in [0, 0.1) is 0 Å². The van der Waals surface area contributed by atoms with Crippen LogP contribution in [0.4, 0.5) is 0 Å². The van der Waals surface area contributed by atoms with Crippen molar-refractivity contribution in [3.63, 3.8) is 0 Å². The van der Waals surface area contributed by atoms with E-state index in [4.69, 9.17) is 4.74 Å². The van der Waals surface area contributed by atoms with E-state index in [0.29, 0.717) is 12.0 Å². The second-order valence-corrected chi connectivity index (χ2v) is 5.78. The van der Waals surface area contributed by atoms with Crippen molar-refractivity contribution in [3.05, 3.63) is 24.2 Å². The SMILES string of the molecule is COc1ccn2c(C3CCCN(C(C)C)C3)nnc2c1. The van der Waals surface area contributed by atoms with Gasteiger partial charge < -0.3 is 9.64 Å². The van der Waals surface area contributed by atoms with E-state index in [2.05, 4.69) is 33.3 Å². The number of hydrogen-bond donors (Lipinski definition) is 0. The van der Waals surface area contributed by atoms with Gasteiger partial charge in [-0.1, -0.05) is 0 Å². The van der Waals surface area contributed by atoms with E-state index in [0.717, 1.165) is 23.8 Å². The molecule has 1 saturated heterocycles. The van der Waals surface area contributed by atoms with Crippen LogP contribution < -0.4 is 4.74 Å². The zero-order valence-electron chi connectivity index (χ0n) is 12.4. The first-order valence-electron chi connectivity index (χ1n) is 7.31. The molecule has 5 heteroatoms. The molecule has 1 aliphatic heterocycles. The highest BCUT2D eigenvalue weighted by molar-refractivity contribution is 5.44. The molecule has 1 atom stereocenters. The smallest absolute Gasteiger partial charge is 0.164 e. The predicted octanol–water partition coefficient (Wildman–Crippen LogP) is 2.33. The normalized spacial score (nSPS) is 20.7. The van der Waals surface area contributed by atoms with E-state index in [1.54, 1.807) is 7.11 Å². The summed E-state index contributed by atoms with van der Waals surface area (Å²) >= 11 is 0. The van der Waals surface area contributed by atoms with Crippen molar-refractivity contribution in [2.75, 3.05) is 20.2 Å². The zero-order chi connectivity index (χ0) is 14.1. The maximum atomic E-state index is 5.24. The summed E-state index contributed by atoms with van der Waals surface area (Å²) in [5.41, 5.74) is 0.862. The predicted molar refractivity (Wildman–Crippen MR) is 78.2 cm³/mol. The first kappa shape index (κ1) is 13.4. The van der Waals surface area contributed by atoms with E-state index in [1.165, 1.54) is 19.4 Å². The summed E-state index contributed by atoms with van der Waals surface area (Å²) in [4.78, 5) is 2.53. The van der Waals surface area contributed by atoms with Crippen molar-refractivity contribution in [2.24, 2.45) is 0 Å². The Bertz CT molecular complexity index is 593. The summed E-state index contributed by atoms with van der Waals surface area (Å²) < 4.78 is 7.33. The molecule has 0 aliphatic carbocycles. The van der Waals surface area contributed by atoms with Crippen LogP contribution in [0.3, 0.4) is 0 Å². The third kappa shape index (κ3) is 2.38. The Morgan fingerprint density at radius 1 is 1.35 bits per heavy atom. The standard InChI is InChI=1S/C15H22N4O/c1-11(2)18-7-4-5-12(10-18)15-17-16-14-9-13(20-3)6-8-19(14)15/h6,8-9,11-12H,4-5,7,10H2,1-3H3. The fourth-order valence-electron chi connectivity index (χ4n) is 2.98. The van der Waals surface area contributed by atoms with Gasteiger partial charge in [-0.25, -0.2) is 0 Å². The van der Waals surface area contributed by atoms with Crippen molar-refractivity contribution < 1.29 is 4.74 Å². The Morgan fingerprint density at radius 2 is 2.20 bits per heavy atom. The molecule has 3 heterocycles. The van der Waals surface area contributed by atoms with Crippen LogP contribution in [0.5, 0.6) is 5.75 Å². The van der Waals surface area contributed by atoms with Gasteiger partial charge in [-0.3, -0.25) is 4.40 Å². The van der Waals surface area contributed by atoms with E-state index >= 15 is 0 Å². The van der Waals surface area contributed by atoms with Gasteiger partial charge >= 0.3 is 0 Å². The highest BCUT2D eigenvalue weighted by atomic mass is 16.5. The molecular formula is C15H22N4O. The number of rotatable bonds is 3. The van der Waals surface area contributed by atoms with Gasteiger partial charge in [-0.05, 0) is 39.3 Å². The zero-order valence-corrected chi connectivity index (χ0v) is 12.4. The summed E-state index contributed by atoms with van der Waals surface area (Å²) in [6.45, 7) is 6.79. The van der Waals surface area contributed by atoms with Gasteiger partial charge in [0.1, 0.15) is 11.6 Å². The molecule has 20 heavy (non-hydrogen) atoms. The quantitative estimate of drug-likeness (QED) is 0.861. The molecule has 108 valence electrons. The number of fused-ring (bicyclic) bond motifs is 1. The molecule has 1 aliphatic rings. The molecule has 1 fully saturated rings. The first-order chi connectivity index (χ1) is 9.69. The summed E-state index contributed by atoms with van der Waals surface area (Å²) in [6.07, 6.45) is 4.43. The largest absolute Gasteiger partial charge is 0.497 e. The summed E-state index contributed by atoms with van der Waals surface area (Å²) in [5.74, 6) is 2.37. The van der Waals surface area contributed by atoms with Crippen molar-refractivity contribution >= 4 is 5.65 Å². The monoisotopic (exact) mass is 274 g/mol. The topological polar surface area (TPSA) is 42.7 Å². The van der Waals surface area contributed by atoms with Crippen molar-refractivity contribution in [1.29, 1.82) is 0 Å². The summed E-state index contributed by atoms with van der Waals surface area (Å²) in [7, 11) is 1.67. The molecule has 0 saturated carbocycles. The lowest BCUT2D eigenvalue weighted by molar-refractivity contribution is 0.164. The van der Waals surface area contributed by atoms with Crippen molar-refractivity contribution in [1.82, 2.24) is 19.5 Å². The van der Waals surface area contributed by atoms with Crippen LogP contribution in [0.25, 0.3) is 5.65 Å². The lowest BCUT2D eigenvalue weighted by Gasteiger charge is -2.34. The number of aromatic nitrogens is 3. The summed E-state index contributed by atoms with van der Waals surface area (Å²) in [6, 6.07) is 4.49. The maximum absolute atomic E-state index is 5.24. The van der Waals surface area contributed by atoms with Gasteiger partial charge in [0, 0.05) is 30.8 Å². The minimum atomic E-state index is 0.467. The Morgan fingerprint density at radius 3 is 2.95 bits per heavy atom. The van der Waals surface area contributed by atoms with Gasteiger partial charge in [-0.15, -0.1) is 10.2 Å². The highest BCUT2D eigenvalue weighted by Crippen LogP contribution is 2.27. The minimum absolute atomic E-state index is 0.467. The Balaban J connectivity index is 1.90. The van der Waals surface area contributed by atoms with E-state index in [1.807, 2.05) is 18.3 Å². The molecule has 0 radical (unpaired) electrons. The van der Waals surface area contributed by atoms with Crippen LogP contribution >= 0.6 is 0 Å². The number of ether oxygens (including phenoxy) is 1. The number of pyridine rings is 1. The average Bonchev–Trinajstić information content (AvgIpc) is 2.90. The Kier molecular flexibility index (Phi) is 3.61. The molecule has 0 N–H and O–H groups in total. The molecule has 0 bridgehead atoms. The van der Waals surface area contributed by atoms with Crippen molar-refractivity contribution in [2.45, 2.75) is 38.6 Å². The van der Waals surface area contributed by atoms with Gasteiger partial charge in [0.25, 0.3) is 0 Å². The number of piperidine rings is 1. The van der Waals surface area contributed by atoms with E-state index in [9.17, 15) is 0 Å². The maximum Gasteiger partial charge on any atom is 0.164 e. The van der Waals surface area contributed by atoms with Gasteiger partial charge in [0.2, 0.25) is 0 Å². The molecular weight excluding hydrogens is 252 g/mol. The molecule has 0 spiro atoms. The average molecular weight is 274 g/mol. The summed E-state index contributed by atoms with van der Waals surface area (Å²) in [5, 5.41) is 8.71. The second kappa shape index (κ2) is 5.40.